The summed E-state index contributed by atoms with van der Waals surface area (Å²) in [5, 5.41) is 3.65. The maximum Gasteiger partial charge on any atom is 0.142 e. The minimum atomic E-state index is -0.374. The van der Waals surface area contributed by atoms with Crippen molar-refractivity contribution in [2.24, 2.45) is 0 Å². The number of aryl methyl sites for hydroxylation is 2. The molecule has 1 aromatic heterocycles. The van der Waals surface area contributed by atoms with Gasteiger partial charge in [0.25, 0.3) is 0 Å². The Bertz CT molecular complexity index is 636. The van der Waals surface area contributed by atoms with Gasteiger partial charge in [0.2, 0.25) is 0 Å². The number of hydrogen-bond donors (Lipinski definition) is 1. The molecule has 0 aliphatic carbocycles. The number of likely N-dealkylation sites (N-methyl/N-ethyl adjacent to an activating group) is 1. The number of rotatable bonds is 5. The van der Waals surface area contributed by atoms with Crippen LogP contribution in [0.2, 0.25) is 5.02 Å². The number of halogens is 2. The van der Waals surface area contributed by atoms with Crippen LogP contribution < -0.4 is 5.32 Å². The van der Waals surface area contributed by atoms with E-state index in [1.807, 2.05) is 19.9 Å². The van der Waals surface area contributed by atoms with Crippen LogP contribution in [0, 0.1) is 26.6 Å². The highest BCUT2D eigenvalue weighted by Crippen LogP contribution is 2.31. The third kappa shape index (κ3) is 3.30. The highest BCUT2D eigenvalue weighted by Gasteiger charge is 2.22. The number of furan rings is 1. The van der Waals surface area contributed by atoms with E-state index in [0.29, 0.717) is 6.42 Å². The van der Waals surface area contributed by atoms with E-state index in [0.717, 1.165) is 34.8 Å². The van der Waals surface area contributed by atoms with Crippen molar-refractivity contribution in [1.82, 2.24) is 5.32 Å². The van der Waals surface area contributed by atoms with Crippen molar-refractivity contribution in [3.63, 3.8) is 0 Å². The van der Waals surface area contributed by atoms with Crippen LogP contribution in [-0.2, 0) is 6.42 Å². The molecule has 114 valence electrons. The Labute approximate surface area is 130 Å². The summed E-state index contributed by atoms with van der Waals surface area (Å²) in [5.74, 6) is 1.46. The molecule has 1 heterocycles. The first kappa shape index (κ1) is 16.1. The molecule has 21 heavy (non-hydrogen) atoms. The van der Waals surface area contributed by atoms with Crippen LogP contribution in [0.4, 0.5) is 4.39 Å². The molecule has 0 aliphatic rings. The van der Waals surface area contributed by atoms with E-state index < -0.39 is 0 Å². The molecular formula is C17H21ClFNO. The van der Waals surface area contributed by atoms with Crippen molar-refractivity contribution >= 4 is 11.6 Å². The van der Waals surface area contributed by atoms with Crippen molar-refractivity contribution in [3.05, 3.63) is 57.2 Å². The summed E-state index contributed by atoms with van der Waals surface area (Å²) in [6, 6.07) is 5.01. The lowest BCUT2D eigenvalue weighted by atomic mass is 9.95. The molecule has 2 rings (SSSR count). The predicted molar refractivity (Wildman–Crippen MR) is 84.5 cm³/mol. The van der Waals surface area contributed by atoms with E-state index in [2.05, 4.69) is 19.2 Å². The molecule has 1 N–H and O–H groups in total. The Kier molecular flexibility index (Phi) is 5.07. The van der Waals surface area contributed by atoms with Crippen LogP contribution in [0.5, 0.6) is 0 Å². The third-order valence-corrected chi connectivity index (χ3v) is 4.30. The number of hydrogen-bond acceptors (Lipinski definition) is 2. The van der Waals surface area contributed by atoms with Gasteiger partial charge in [-0.05, 0) is 50.9 Å². The summed E-state index contributed by atoms with van der Waals surface area (Å²) in [5.41, 5.74) is 3.10. The maximum atomic E-state index is 13.6. The van der Waals surface area contributed by atoms with Crippen molar-refractivity contribution in [3.8, 4) is 0 Å². The van der Waals surface area contributed by atoms with Crippen molar-refractivity contribution in [2.75, 3.05) is 6.54 Å². The molecule has 1 unspecified atom stereocenters. The topological polar surface area (TPSA) is 25.2 Å². The van der Waals surface area contributed by atoms with E-state index >= 15 is 0 Å². The first-order valence-corrected chi connectivity index (χ1v) is 7.56. The molecule has 0 bridgehead atoms. The lowest BCUT2D eigenvalue weighted by Crippen LogP contribution is -2.24. The monoisotopic (exact) mass is 309 g/mol. The fourth-order valence-corrected chi connectivity index (χ4v) is 2.97. The van der Waals surface area contributed by atoms with Crippen molar-refractivity contribution in [1.29, 1.82) is 0 Å². The summed E-state index contributed by atoms with van der Waals surface area (Å²) in [6.45, 7) is 8.86. The highest BCUT2D eigenvalue weighted by molar-refractivity contribution is 6.31. The molecule has 0 radical (unpaired) electrons. The second-order valence-electron chi connectivity index (χ2n) is 5.28. The molecule has 0 spiro atoms. The number of benzene rings is 1. The van der Waals surface area contributed by atoms with Crippen LogP contribution in [0.15, 0.2) is 22.6 Å². The van der Waals surface area contributed by atoms with Gasteiger partial charge in [0.1, 0.15) is 17.3 Å². The lowest BCUT2D eigenvalue weighted by molar-refractivity contribution is 0.484. The fraction of sp³-hybridized carbons (Fsp3) is 0.412. The first-order chi connectivity index (χ1) is 9.95. The quantitative estimate of drug-likeness (QED) is 0.850. The summed E-state index contributed by atoms with van der Waals surface area (Å²) in [7, 11) is 0. The van der Waals surface area contributed by atoms with Gasteiger partial charge in [-0.1, -0.05) is 30.7 Å². The molecule has 0 saturated carbocycles. The van der Waals surface area contributed by atoms with Gasteiger partial charge >= 0.3 is 0 Å². The minimum absolute atomic E-state index is 0.0618. The zero-order valence-electron chi connectivity index (χ0n) is 12.9. The lowest BCUT2D eigenvalue weighted by Gasteiger charge is -2.19. The Morgan fingerprint density at radius 3 is 2.52 bits per heavy atom. The Hall–Kier alpha value is -1.32. The molecule has 2 aromatic rings. The van der Waals surface area contributed by atoms with Gasteiger partial charge in [-0.3, -0.25) is 0 Å². The Morgan fingerprint density at radius 1 is 1.24 bits per heavy atom. The summed E-state index contributed by atoms with van der Waals surface area (Å²) in [6.07, 6.45) is 0.630. The van der Waals surface area contributed by atoms with E-state index in [4.69, 9.17) is 16.0 Å². The van der Waals surface area contributed by atoms with Gasteiger partial charge in [0.15, 0.2) is 0 Å². The predicted octanol–water partition coefficient (Wildman–Crippen LogP) is 4.89. The van der Waals surface area contributed by atoms with Gasteiger partial charge < -0.3 is 9.73 Å². The van der Waals surface area contributed by atoms with Crippen LogP contribution in [0.1, 0.15) is 41.2 Å². The smallest absolute Gasteiger partial charge is 0.142 e. The number of nitrogens with one attached hydrogen (secondary N) is 1. The molecule has 0 amide bonds. The van der Waals surface area contributed by atoms with E-state index in [9.17, 15) is 4.39 Å². The highest BCUT2D eigenvalue weighted by atomic mass is 35.5. The molecule has 2 nitrogen and oxygen atoms in total. The van der Waals surface area contributed by atoms with Gasteiger partial charge in [-0.25, -0.2) is 4.39 Å². The van der Waals surface area contributed by atoms with Crippen molar-refractivity contribution in [2.45, 2.75) is 40.2 Å². The zero-order valence-corrected chi connectivity index (χ0v) is 13.6. The van der Waals surface area contributed by atoms with E-state index in [1.54, 1.807) is 6.07 Å². The van der Waals surface area contributed by atoms with Gasteiger partial charge in [-0.15, -0.1) is 0 Å². The third-order valence-electron chi connectivity index (χ3n) is 3.87. The summed E-state index contributed by atoms with van der Waals surface area (Å²) in [4.78, 5) is 0. The molecule has 1 atom stereocenters. The second kappa shape index (κ2) is 6.63. The van der Waals surface area contributed by atoms with Crippen LogP contribution in [0.25, 0.3) is 0 Å². The SMILES string of the molecule is CCNC(Cc1cccc(F)c1Cl)c1c(C)oc(C)c1C. The summed E-state index contributed by atoms with van der Waals surface area (Å²) >= 11 is 6.08. The molecule has 0 fully saturated rings. The minimum Gasteiger partial charge on any atom is -0.466 e. The standard InChI is InChI=1S/C17H21ClFNO/c1-5-20-15(16-10(2)11(3)21-12(16)4)9-13-7-6-8-14(19)17(13)18/h6-8,15,20H,5,9H2,1-4H3. The average Bonchev–Trinajstić information content (AvgIpc) is 2.68. The van der Waals surface area contributed by atoms with Crippen LogP contribution in [-0.4, -0.2) is 6.54 Å². The Balaban J connectivity index is 2.38. The molecule has 0 saturated heterocycles. The van der Waals surface area contributed by atoms with Crippen molar-refractivity contribution < 1.29 is 8.81 Å². The van der Waals surface area contributed by atoms with E-state index in [-0.39, 0.29) is 16.9 Å². The van der Waals surface area contributed by atoms with Crippen LogP contribution in [0.3, 0.4) is 0 Å². The maximum absolute atomic E-state index is 13.6. The van der Waals surface area contributed by atoms with Gasteiger partial charge in [0, 0.05) is 11.6 Å². The van der Waals surface area contributed by atoms with Gasteiger partial charge in [0.05, 0.1) is 5.02 Å². The molecular weight excluding hydrogens is 289 g/mol. The average molecular weight is 310 g/mol. The molecule has 4 heteroatoms. The summed E-state index contributed by atoms with van der Waals surface area (Å²) < 4.78 is 19.3. The zero-order chi connectivity index (χ0) is 15.6. The molecule has 0 aliphatic heterocycles. The fourth-order valence-electron chi connectivity index (χ4n) is 2.77. The largest absolute Gasteiger partial charge is 0.466 e. The van der Waals surface area contributed by atoms with Gasteiger partial charge in [-0.2, -0.15) is 0 Å². The van der Waals surface area contributed by atoms with E-state index in [1.165, 1.54) is 6.07 Å². The molecule has 1 aromatic carbocycles. The van der Waals surface area contributed by atoms with Crippen LogP contribution >= 0.6 is 11.6 Å². The Morgan fingerprint density at radius 2 is 1.95 bits per heavy atom. The normalized spacial score (nSPS) is 12.7. The first-order valence-electron chi connectivity index (χ1n) is 7.18. The second-order valence-corrected chi connectivity index (χ2v) is 5.66.